The number of benzene rings is 1. The lowest BCUT2D eigenvalue weighted by molar-refractivity contribution is 0.692. The van der Waals surface area contributed by atoms with E-state index in [1.54, 1.807) is 6.20 Å². The van der Waals surface area contributed by atoms with E-state index in [-0.39, 0.29) is 6.04 Å². The Labute approximate surface area is 95.0 Å². The first-order valence-corrected chi connectivity index (χ1v) is 5.28. The third-order valence-electron chi connectivity index (χ3n) is 2.42. The van der Waals surface area contributed by atoms with Gasteiger partial charge in [-0.25, -0.2) is 4.98 Å². The third kappa shape index (κ3) is 2.25. The van der Waals surface area contributed by atoms with Crippen LogP contribution in [0.5, 0.6) is 0 Å². The van der Waals surface area contributed by atoms with E-state index >= 15 is 0 Å². The Hall–Kier alpha value is -1.74. The van der Waals surface area contributed by atoms with E-state index in [0.717, 1.165) is 28.7 Å². The number of hydrogen-bond acceptors (Lipinski definition) is 3. The number of rotatable bonds is 3. The second-order valence-electron chi connectivity index (χ2n) is 4.05. The molecule has 1 aromatic carbocycles. The van der Waals surface area contributed by atoms with Gasteiger partial charge in [0.1, 0.15) is 0 Å². The number of fused-ring (bicyclic) bond motifs is 1. The molecule has 0 saturated carbocycles. The Bertz CT molecular complexity index is 519. The molecule has 1 atom stereocenters. The van der Waals surface area contributed by atoms with Crippen molar-refractivity contribution < 1.29 is 0 Å². The normalized spacial score (nSPS) is 12.6. The van der Waals surface area contributed by atoms with Crippen LogP contribution in [0.1, 0.15) is 25.1 Å². The smallest absolute Gasteiger partial charge is 0.0890 e. The van der Waals surface area contributed by atoms with Crippen LogP contribution in [0.25, 0.3) is 11.0 Å². The van der Waals surface area contributed by atoms with Gasteiger partial charge in [-0.1, -0.05) is 17.7 Å². The van der Waals surface area contributed by atoms with E-state index in [1.807, 2.05) is 31.2 Å². The predicted octanol–water partition coefficient (Wildman–Crippen LogP) is 2.60. The second-order valence-corrected chi connectivity index (χ2v) is 4.05. The van der Waals surface area contributed by atoms with Gasteiger partial charge in [0, 0.05) is 0 Å². The molecule has 16 heavy (non-hydrogen) atoms. The van der Waals surface area contributed by atoms with E-state index in [9.17, 15) is 0 Å². The van der Waals surface area contributed by atoms with Crippen LogP contribution < -0.4 is 5.73 Å². The molecule has 2 rings (SSSR count). The Balaban J connectivity index is 2.35. The van der Waals surface area contributed by atoms with Crippen molar-refractivity contribution in [1.29, 1.82) is 0 Å². The van der Waals surface area contributed by atoms with E-state index in [0.29, 0.717) is 0 Å². The SMILES string of the molecule is C=C(C)CC(N)c1cnc2ccccc2n1. The summed E-state index contributed by atoms with van der Waals surface area (Å²) >= 11 is 0. The van der Waals surface area contributed by atoms with Crippen molar-refractivity contribution in [2.24, 2.45) is 5.73 Å². The second kappa shape index (κ2) is 4.41. The van der Waals surface area contributed by atoms with Crippen molar-refractivity contribution in [3.8, 4) is 0 Å². The van der Waals surface area contributed by atoms with Gasteiger partial charge >= 0.3 is 0 Å². The van der Waals surface area contributed by atoms with Gasteiger partial charge in [-0.15, -0.1) is 6.58 Å². The molecule has 0 aliphatic heterocycles. The molecule has 0 aliphatic rings. The average Bonchev–Trinajstić information content (AvgIpc) is 2.27. The molecular weight excluding hydrogens is 198 g/mol. The van der Waals surface area contributed by atoms with Gasteiger partial charge in [-0.3, -0.25) is 4.98 Å². The molecule has 0 fully saturated rings. The topological polar surface area (TPSA) is 51.8 Å². The number of para-hydroxylation sites is 2. The van der Waals surface area contributed by atoms with Crippen LogP contribution in [0.3, 0.4) is 0 Å². The van der Waals surface area contributed by atoms with Crippen LogP contribution in [-0.4, -0.2) is 9.97 Å². The molecule has 0 aliphatic carbocycles. The van der Waals surface area contributed by atoms with Crippen molar-refractivity contribution >= 4 is 11.0 Å². The molecule has 0 radical (unpaired) electrons. The molecule has 3 heteroatoms. The maximum Gasteiger partial charge on any atom is 0.0890 e. The van der Waals surface area contributed by atoms with Crippen LogP contribution >= 0.6 is 0 Å². The molecule has 3 nitrogen and oxygen atoms in total. The van der Waals surface area contributed by atoms with Gasteiger partial charge in [0.15, 0.2) is 0 Å². The first kappa shape index (κ1) is 10.8. The summed E-state index contributed by atoms with van der Waals surface area (Å²) in [6, 6.07) is 7.67. The molecule has 0 spiro atoms. The Kier molecular flexibility index (Phi) is 2.97. The lowest BCUT2D eigenvalue weighted by atomic mass is 10.1. The summed E-state index contributed by atoms with van der Waals surface area (Å²) in [6.45, 7) is 5.82. The van der Waals surface area contributed by atoms with Crippen molar-refractivity contribution in [3.05, 3.63) is 48.3 Å². The molecule has 82 valence electrons. The molecular formula is C13H15N3. The number of nitrogens with two attached hydrogens (primary N) is 1. The van der Waals surface area contributed by atoms with Gasteiger partial charge in [-0.05, 0) is 25.5 Å². The van der Waals surface area contributed by atoms with Gasteiger partial charge in [0.25, 0.3) is 0 Å². The maximum atomic E-state index is 6.02. The van der Waals surface area contributed by atoms with E-state index in [2.05, 4.69) is 16.5 Å². The zero-order chi connectivity index (χ0) is 11.5. The summed E-state index contributed by atoms with van der Waals surface area (Å²) in [4.78, 5) is 8.84. The summed E-state index contributed by atoms with van der Waals surface area (Å²) in [5.41, 5.74) is 9.69. The fraction of sp³-hybridized carbons (Fsp3) is 0.231. The first-order valence-electron chi connectivity index (χ1n) is 5.28. The highest BCUT2D eigenvalue weighted by Gasteiger charge is 2.08. The fourth-order valence-corrected chi connectivity index (χ4v) is 1.63. The third-order valence-corrected chi connectivity index (χ3v) is 2.42. The van der Waals surface area contributed by atoms with E-state index < -0.39 is 0 Å². The van der Waals surface area contributed by atoms with Crippen molar-refractivity contribution in [1.82, 2.24) is 9.97 Å². The molecule has 2 aromatic rings. The molecule has 1 unspecified atom stereocenters. The number of nitrogens with zero attached hydrogens (tertiary/aromatic N) is 2. The van der Waals surface area contributed by atoms with E-state index in [1.165, 1.54) is 0 Å². The van der Waals surface area contributed by atoms with Gasteiger partial charge in [0.2, 0.25) is 0 Å². The van der Waals surface area contributed by atoms with Crippen LogP contribution in [0.15, 0.2) is 42.6 Å². The van der Waals surface area contributed by atoms with Crippen molar-refractivity contribution in [2.45, 2.75) is 19.4 Å². The Morgan fingerprint density at radius 3 is 2.75 bits per heavy atom. The monoisotopic (exact) mass is 213 g/mol. The molecule has 2 N–H and O–H groups in total. The average molecular weight is 213 g/mol. The van der Waals surface area contributed by atoms with Crippen LogP contribution in [0, 0.1) is 0 Å². The minimum absolute atomic E-state index is 0.116. The highest BCUT2D eigenvalue weighted by Crippen LogP contribution is 2.17. The largest absolute Gasteiger partial charge is 0.322 e. The summed E-state index contributed by atoms with van der Waals surface area (Å²) in [7, 11) is 0. The van der Waals surface area contributed by atoms with Gasteiger partial charge in [0.05, 0.1) is 29.0 Å². The van der Waals surface area contributed by atoms with Crippen LogP contribution in [0.2, 0.25) is 0 Å². The van der Waals surface area contributed by atoms with Crippen LogP contribution in [-0.2, 0) is 0 Å². The molecule has 0 bridgehead atoms. The van der Waals surface area contributed by atoms with Crippen LogP contribution in [0.4, 0.5) is 0 Å². The zero-order valence-corrected chi connectivity index (χ0v) is 9.35. The standard InChI is InChI=1S/C13H15N3/c1-9(2)7-10(14)13-8-15-11-5-3-4-6-12(11)16-13/h3-6,8,10H,1,7,14H2,2H3. The molecule has 0 saturated heterocycles. The fourth-order valence-electron chi connectivity index (χ4n) is 1.63. The Morgan fingerprint density at radius 2 is 2.06 bits per heavy atom. The highest BCUT2D eigenvalue weighted by molar-refractivity contribution is 5.73. The highest BCUT2D eigenvalue weighted by atomic mass is 14.8. The van der Waals surface area contributed by atoms with Gasteiger partial charge < -0.3 is 5.73 Å². The summed E-state index contributed by atoms with van der Waals surface area (Å²) < 4.78 is 0. The Morgan fingerprint density at radius 1 is 1.38 bits per heavy atom. The summed E-state index contributed by atoms with van der Waals surface area (Å²) in [5.74, 6) is 0. The summed E-state index contributed by atoms with van der Waals surface area (Å²) in [5, 5.41) is 0. The van der Waals surface area contributed by atoms with Crippen molar-refractivity contribution in [3.63, 3.8) is 0 Å². The molecule has 1 heterocycles. The number of aromatic nitrogens is 2. The zero-order valence-electron chi connectivity index (χ0n) is 9.35. The lowest BCUT2D eigenvalue weighted by Crippen LogP contribution is -2.12. The van der Waals surface area contributed by atoms with Gasteiger partial charge in [-0.2, -0.15) is 0 Å². The maximum absolute atomic E-state index is 6.02. The van der Waals surface area contributed by atoms with Crippen molar-refractivity contribution in [2.75, 3.05) is 0 Å². The first-order chi connectivity index (χ1) is 7.66. The minimum Gasteiger partial charge on any atom is -0.322 e. The molecule has 1 aromatic heterocycles. The summed E-state index contributed by atoms with van der Waals surface area (Å²) in [6.07, 6.45) is 2.49. The minimum atomic E-state index is -0.116. The van der Waals surface area contributed by atoms with E-state index in [4.69, 9.17) is 5.73 Å². The predicted molar refractivity (Wildman–Crippen MR) is 65.9 cm³/mol. The lowest BCUT2D eigenvalue weighted by Gasteiger charge is -2.10. The number of hydrogen-bond donors (Lipinski definition) is 1. The molecule has 0 amide bonds. The quantitative estimate of drug-likeness (QED) is 0.797.